The first kappa shape index (κ1) is 17.2. The van der Waals surface area contributed by atoms with Crippen molar-refractivity contribution in [3.63, 3.8) is 0 Å². The van der Waals surface area contributed by atoms with Crippen LogP contribution >= 0.6 is 0 Å². The van der Waals surface area contributed by atoms with E-state index < -0.39 is 0 Å². The molecule has 3 rings (SSSR count). The molecule has 128 valence electrons. The van der Waals surface area contributed by atoms with Crippen molar-refractivity contribution in [2.24, 2.45) is 5.92 Å². The quantitative estimate of drug-likeness (QED) is 0.834. The number of β-amino-alcohol motifs (C(OH)–C–C–N with tert-alkyl or cyclic N) is 1. The van der Waals surface area contributed by atoms with E-state index in [0.29, 0.717) is 0 Å². The Balaban J connectivity index is 1.36. The predicted octanol–water partition coefficient (Wildman–Crippen LogP) is 3.93. The second kappa shape index (κ2) is 9.00. The number of piperidine rings is 1. The molecule has 1 N–H and O–H groups in total. The Morgan fingerprint density at radius 2 is 1.46 bits per heavy atom. The molecule has 0 saturated carbocycles. The zero-order valence-corrected chi connectivity index (χ0v) is 14.5. The third kappa shape index (κ3) is 5.47. The number of aliphatic hydroxyl groups is 1. The molecule has 2 heteroatoms. The second-order valence-corrected chi connectivity index (χ2v) is 7.11. The van der Waals surface area contributed by atoms with Crippen LogP contribution in [0.15, 0.2) is 60.7 Å². The van der Waals surface area contributed by atoms with Gasteiger partial charge in [-0.05, 0) is 62.2 Å². The highest BCUT2D eigenvalue weighted by molar-refractivity contribution is 5.16. The van der Waals surface area contributed by atoms with Crippen LogP contribution < -0.4 is 0 Å². The molecule has 1 fully saturated rings. The van der Waals surface area contributed by atoms with Gasteiger partial charge in [0.25, 0.3) is 0 Å². The zero-order chi connectivity index (χ0) is 16.6. The lowest BCUT2D eigenvalue weighted by Crippen LogP contribution is -2.39. The van der Waals surface area contributed by atoms with Crippen molar-refractivity contribution in [1.29, 1.82) is 0 Å². The lowest BCUT2D eigenvalue weighted by atomic mass is 9.90. The van der Waals surface area contributed by atoms with Crippen molar-refractivity contribution in [2.75, 3.05) is 19.6 Å². The van der Waals surface area contributed by atoms with Gasteiger partial charge in [-0.3, -0.25) is 0 Å². The molecule has 0 spiro atoms. The molecule has 0 bridgehead atoms. The van der Waals surface area contributed by atoms with Crippen LogP contribution in [0, 0.1) is 5.92 Å². The van der Waals surface area contributed by atoms with Crippen molar-refractivity contribution < 1.29 is 5.11 Å². The van der Waals surface area contributed by atoms with Gasteiger partial charge in [0.1, 0.15) is 0 Å². The average Bonchev–Trinajstić information content (AvgIpc) is 2.63. The fourth-order valence-electron chi connectivity index (χ4n) is 3.69. The van der Waals surface area contributed by atoms with Gasteiger partial charge in [0, 0.05) is 6.54 Å². The summed E-state index contributed by atoms with van der Waals surface area (Å²) in [5, 5.41) is 10.3. The lowest BCUT2D eigenvalue weighted by molar-refractivity contribution is 0.0840. The number of hydrogen-bond acceptors (Lipinski definition) is 2. The van der Waals surface area contributed by atoms with Gasteiger partial charge in [-0.2, -0.15) is 0 Å². The lowest BCUT2D eigenvalue weighted by Gasteiger charge is -2.33. The Bertz CT molecular complexity index is 575. The van der Waals surface area contributed by atoms with Crippen molar-refractivity contribution in [2.45, 2.75) is 38.2 Å². The number of aliphatic hydroxyl groups excluding tert-OH is 1. The number of aryl methyl sites for hydroxylation is 1. The topological polar surface area (TPSA) is 23.5 Å². The number of nitrogens with zero attached hydrogens (tertiary/aromatic N) is 1. The summed E-state index contributed by atoms with van der Waals surface area (Å²) in [6, 6.07) is 21.3. The number of likely N-dealkylation sites (tertiary alicyclic amines) is 1. The fourth-order valence-corrected chi connectivity index (χ4v) is 3.69. The van der Waals surface area contributed by atoms with E-state index in [0.717, 1.165) is 38.4 Å². The van der Waals surface area contributed by atoms with Gasteiger partial charge in [-0.25, -0.2) is 0 Å². The molecule has 2 aromatic rings. The van der Waals surface area contributed by atoms with Gasteiger partial charge in [-0.1, -0.05) is 60.7 Å². The SMILES string of the molecule is OC(CCc1ccccc1)CN1CCC(Cc2ccccc2)CC1. The van der Waals surface area contributed by atoms with E-state index >= 15 is 0 Å². The second-order valence-electron chi connectivity index (χ2n) is 7.11. The first-order chi connectivity index (χ1) is 11.8. The summed E-state index contributed by atoms with van der Waals surface area (Å²) in [5.41, 5.74) is 2.77. The number of rotatable bonds is 7. The Labute approximate surface area is 146 Å². The number of benzene rings is 2. The van der Waals surface area contributed by atoms with Crippen molar-refractivity contribution in [3.8, 4) is 0 Å². The Morgan fingerprint density at radius 1 is 0.875 bits per heavy atom. The zero-order valence-electron chi connectivity index (χ0n) is 14.5. The minimum absolute atomic E-state index is 0.212. The first-order valence-electron chi connectivity index (χ1n) is 9.28. The summed E-state index contributed by atoms with van der Waals surface area (Å²) in [6.45, 7) is 3.07. The van der Waals surface area contributed by atoms with Crippen LogP contribution in [-0.2, 0) is 12.8 Å². The van der Waals surface area contributed by atoms with E-state index in [-0.39, 0.29) is 6.10 Å². The molecule has 0 aromatic heterocycles. The third-order valence-corrected chi connectivity index (χ3v) is 5.15. The van der Waals surface area contributed by atoms with E-state index in [1.807, 2.05) is 6.07 Å². The molecule has 1 atom stereocenters. The van der Waals surface area contributed by atoms with E-state index in [4.69, 9.17) is 0 Å². The molecule has 24 heavy (non-hydrogen) atoms. The maximum atomic E-state index is 10.3. The van der Waals surface area contributed by atoms with Crippen LogP contribution in [0.3, 0.4) is 0 Å². The fraction of sp³-hybridized carbons (Fsp3) is 0.455. The minimum atomic E-state index is -0.212. The van der Waals surface area contributed by atoms with Crippen molar-refractivity contribution >= 4 is 0 Å². The Morgan fingerprint density at radius 3 is 2.08 bits per heavy atom. The van der Waals surface area contributed by atoms with E-state index in [1.54, 1.807) is 0 Å². The largest absolute Gasteiger partial charge is 0.392 e. The van der Waals surface area contributed by atoms with Crippen LogP contribution in [0.25, 0.3) is 0 Å². The van der Waals surface area contributed by atoms with Gasteiger partial charge >= 0.3 is 0 Å². The molecule has 1 aliphatic heterocycles. The van der Waals surface area contributed by atoms with Crippen LogP contribution in [0.5, 0.6) is 0 Å². The van der Waals surface area contributed by atoms with Gasteiger partial charge in [-0.15, -0.1) is 0 Å². The smallest absolute Gasteiger partial charge is 0.0670 e. The summed E-state index contributed by atoms with van der Waals surface area (Å²) >= 11 is 0. The maximum Gasteiger partial charge on any atom is 0.0670 e. The molecule has 1 saturated heterocycles. The predicted molar refractivity (Wildman–Crippen MR) is 100 cm³/mol. The monoisotopic (exact) mass is 323 g/mol. The highest BCUT2D eigenvalue weighted by atomic mass is 16.3. The van der Waals surface area contributed by atoms with Gasteiger partial charge in [0.05, 0.1) is 6.10 Å². The highest BCUT2D eigenvalue weighted by Crippen LogP contribution is 2.22. The molecule has 0 amide bonds. The van der Waals surface area contributed by atoms with Crippen LogP contribution in [-0.4, -0.2) is 35.7 Å². The molecule has 1 unspecified atom stereocenters. The highest BCUT2D eigenvalue weighted by Gasteiger charge is 2.21. The Hall–Kier alpha value is -1.64. The summed E-state index contributed by atoms with van der Waals surface area (Å²) in [4.78, 5) is 2.44. The average molecular weight is 323 g/mol. The third-order valence-electron chi connectivity index (χ3n) is 5.15. The van der Waals surface area contributed by atoms with Gasteiger partial charge in [0.15, 0.2) is 0 Å². The molecule has 2 nitrogen and oxygen atoms in total. The van der Waals surface area contributed by atoms with Crippen LogP contribution in [0.1, 0.15) is 30.4 Å². The molecular weight excluding hydrogens is 294 g/mol. The molecule has 0 radical (unpaired) electrons. The van der Waals surface area contributed by atoms with Gasteiger partial charge < -0.3 is 10.0 Å². The van der Waals surface area contributed by atoms with Crippen molar-refractivity contribution in [3.05, 3.63) is 71.8 Å². The summed E-state index contributed by atoms with van der Waals surface area (Å²) in [7, 11) is 0. The summed E-state index contributed by atoms with van der Waals surface area (Å²) in [5.74, 6) is 0.796. The Kier molecular flexibility index (Phi) is 6.45. The first-order valence-corrected chi connectivity index (χ1v) is 9.28. The number of hydrogen-bond donors (Lipinski definition) is 1. The van der Waals surface area contributed by atoms with Crippen LogP contribution in [0.4, 0.5) is 0 Å². The minimum Gasteiger partial charge on any atom is -0.392 e. The van der Waals surface area contributed by atoms with Crippen LogP contribution in [0.2, 0.25) is 0 Å². The molecule has 1 heterocycles. The van der Waals surface area contributed by atoms with Crippen molar-refractivity contribution in [1.82, 2.24) is 4.90 Å². The molecule has 2 aromatic carbocycles. The normalized spacial score (nSPS) is 17.7. The molecular formula is C22H29NO. The molecule has 1 aliphatic rings. The van der Waals surface area contributed by atoms with E-state index in [1.165, 1.54) is 30.4 Å². The molecule has 0 aliphatic carbocycles. The summed E-state index contributed by atoms with van der Waals surface area (Å²) < 4.78 is 0. The standard InChI is InChI=1S/C22H29NO/c24-22(12-11-19-7-3-1-4-8-19)18-23-15-13-21(14-16-23)17-20-9-5-2-6-10-20/h1-10,21-22,24H,11-18H2. The van der Waals surface area contributed by atoms with Gasteiger partial charge in [0.2, 0.25) is 0 Å². The van der Waals surface area contributed by atoms with E-state index in [2.05, 4.69) is 59.5 Å². The van der Waals surface area contributed by atoms with E-state index in [9.17, 15) is 5.11 Å². The summed E-state index contributed by atoms with van der Waals surface area (Å²) in [6.07, 6.45) is 5.31. The maximum absolute atomic E-state index is 10.3.